The Hall–Kier alpha value is -1.13. The molecule has 0 saturated carbocycles. The summed E-state index contributed by atoms with van der Waals surface area (Å²) >= 11 is 7.63. The third-order valence-electron chi connectivity index (χ3n) is 2.98. The molecular formula is C14H17ClN2OS. The van der Waals surface area contributed by atoms with Crippen molar-refractivity contribution < 1.29 is 4.74 Å². The first-order valence-corrected chi connectivity index (χ1v) is 7.58. The van der Waals surface area contributed by atoms with Gasteiger partial charge in [0.05, 0.1) is 23.7 Å². The number of thiazole rings is 1. The number of aryl methyl sites for hydroxylation is 3. The van der Waals surface area contributed by atoms with Crippen LogP contribution in [0.25, 0.3) is 0 Å². The fraction of sp³-hybridized carbons (Fsp3) is 0.429. The predicted octanol–water partition coefficient (Wildman–Crippen LogP) is 3.82. The molecule has 2 aromatic heterocycles. The van der Waals surface area contributed by atoms with E-state index in [0.29, 0.717) is 18.4 Å². The summed E-state index contributed by atoms with van der Waals surface area (Å²) < 4.78 is 5.80. The van der Waals surface area contributed by atoms with Crippen molar-refractivity contribution in [3.8, 4) is 5.88 Å². The van der Waals surface area contributed by atoms with Crippen molar-refractivity contribution in [2.45, 2.75) is 33.1 Å². The van der Waals surface area contributed by atoms with Crippen LogP contribution < -0.4 is 4.74 Å². The molecule has 0 aliphatic carbocycles. The van der Waals surface area contributed by atoms with Crippen molar-refractivity contribution in [3.05, 3.63) is 39.0 Å². The molecule has 0 bridgehead atoms. The van der Waals surface area contributed by atoms with Gasteiger partial charge in [0, 0.05) is 22.6 Å². The van der Waals surface area contributed by atoms with Gasteiger partial charge in [0.15, 0.2) is 0 Å². The number of rotatable bonds is 5. The van der Waals surface area contributed by atoms with E-state index in [2.05, 4.69) is 9.97 Å². The van der Waals surface area contributed by atoms with E-state index >= 15 is 0 Å². The van der Waals surface area contributed by atoms with Crippen LogP contribution in [0.1, 0.15) is 27.4 Å². The topological polar surface area (TPSA) is 35.0 Å². The maximum Gasteiger partial charge on any atom is 0.218 e. The Balaban J connectivity index is 2.05. The van der Waals surface area contributed by atoms with Crippen molar-refractivity contribution in [1.29, 1.82) is 0 Å². The molecule has 0 unspecified atom stereocenters. The van der Waals surface area contributed by atoms with Crippen LogP contribution in [-0.4, -0.2) is 16.6 Å². The van der Waals surface area contributed by atoms with Crippen LogP contribution in [-0.2, 0) is 12.3 Å². The zero-order valence-corrected chi connectivity index (χ0v) is 12.9. The van der Waals surface area contributed by atoms with Crippen LogP contribution in [0.2, 0.25) is 0 Å². The minimum atomic E-state index is 0.425. The fourth-order valence-corrected chi connectivity index (χ4v) is 3.01. The molecular weight excluding hydrogens is 280 g/mol. The molecule has 0 atom stereocenters. The van der Waals surface area contributed by atoms with E-state index < -0.39 is 0 Å². The Morgan fingerprint density at radius 3 is 2.74 bits per heavy atom. The molecule has 2 heterocycles. The van der Waals surface area contributed by atoms with Gasteiger partial charge in [-0.2, -0.15) is 0 Å². The van der Waals surface area contributed by atoms with Crippen molar-refractivity contribution in [2.75, 3.05) is 6.61 Å². The highest BCUT2D eigenvalue weighted by atomic mass is 35.5. The van der Waals surface area contributed by atoms with Gasteiger partial charge < -0.3 is 4.74 Å². The van der Waals surface area contributed by atoms with Gasteiger partial charge in [0.1, 0.15) is 0 Å². The lowest BCUT2D eigenvalue weighted by molar-refractivity contribution is 0.306. The zero-order valence-electron chi connectivity index (χ0n) is 11.4. The zero-order chi connectivity index (χ0) is 13.8. The molecule has 2 aromatic rings. The number of hydrogen-bond donors (Lipinski definition) is 0. The smallest absolute Gasteiger partial charge is 0.218 e. The maximum absolute atomic E-state index is 5.97. The number of alkyl halides is 1. The lowest BCUT2D eigenvalue weighted by Crippen LogP contribution is -2.06. The Bertz CT molecular complexity index is 569. The summed E-state index contributed by atoms with van der Waals surface area (Å²) in [5.41, 5.74) is 6.01. The number of aromatic nitrogens is 2. The molecule has 19 heavy (non-hydrogen) atoms. The summed E-state index contributed by atoms with van der Waals surface area (Å²) in [6.45, 7) is 6.62. The van der Waals surface area contributed by atoms with E-state index in [1.807, 2.05) is 32.3 Å². The number of nitrogens with zero attached hydrogens (tertiary/aromatic N) is 2. The van der Waals surface area contributed by atoms with Gasteiger partial charge in [0.2, 0.25) is 5.88 Å². The molecule has 0 radical (unpaired) electrons. The first kappa shape index (κ1) is 14.3. The number of pyridine rings is 1. The Morgan fingerprint density at radius 1 is 1.32 bits per heavy atom. The summed E-state index contributed by atoms with van der Waals surface area (Å²) in [4.78, 5) is 9.92. The normalized spacial score (nSPS) is 10.7. The second kappa shape index (κ2) is 6.35. The molecule has 0 aliphatic heterocycles. The molecule has 0 spiro atoms. The van der Waals surface area contributed by atoms with Gasteiger partial charge in [0.25, 0.3) is 0 Å². The summed E-state index contributed by atoms with van der Waals surface area (Å²) in [7, 11) is 0. The molecule has 2 rings (SSSR count). The van der Waals surface area contributed by atoms with E-state index in [0.717, 1.165) is 28.9 Å². The molecule has 0 fully saturated rings. The van der Waals surface area contributed by atoms with E-state index in [-0.39, 0.29) is 0 Å². The fourth-order valence-electron chi connectivity index (χ4n) is 1.92. The summed E-state index contributed by atoms with van der Waals surface area (Å²) in [6, 6.07) is 2.03. The van der Waals surface area contributed by atoms with Gasteiger partial charge in [-0.15, -0.1) is 22.9 Å². The highest BCUT2D eigenvalue weighted by Gasteiger charge is 2.10. The number of hydrogen-bond acceptors (Lipinski definition) is 4. The third-order valence-corrected chi connectivity index (χ3v) is 4.25. The lowest BCUT2D eigenvalue weighted by atomic mass is 10.1. The SMILES string of the molecule is Cc1cc(C)c(CCl)c(OCCc2scnc2C)n1. The molecule has 0 amide bonds. The van der Waals surface area contributed by atoms with Crippen LogP contribution in [0.15, 0.2) is 11.6 Å². The van der Waals surface area contributed by atoms with Crippen molar-refractivity contribution in [3.63, 3.8) is 0 Å². The van der Waals surface area contributed by atoms with Crippen LogP contribution >= 0.6 is 22.9 Å². The Kier molecular flexibility index (Phi) is 4.77. The molecule has 0 aliphatic rings. The van der Waals surface area contributed by atoms with Gasteiger partial charge in [-0.3, -0.25) is 0 Å². The largest absolute Gasteiger partial charge is 0.477 e. The van der Waals surface area contributed by atoms with Gasteiger partial charge in [-0.1, -0.05) is 0 Å². The first-order chi connectivity index (χ1) is 9.11. The minimum Gasteiger partial charge on any atom is -0.477 e. The Labute approximate surface area is 122 Å². The number of ether oxygens (including phenoxy) is 1. The maximum atomic E-state index is 5.97. The highest BCUT2D eigenvalue weighted by Crippen LogP contribution is 2.23. The van der Waals surface area contributed by atoms with Crippen LogP contribution in [0.5, 0.6) is 5.88 Å². The monoisotopic (exact) mass is 296 g/mol. The van der Waals surface area contributed by atoms with E-state index in [1.165, 1.54) is 4.88 Å². The average Bonchev–Trinajstić information content (AvgIpc) is 2.75. The molecule has 3 nitrogen and oxygen atoms in total. The number of halogens is 1. The van der Waals surface area contributed by atoms with Crippen molar-refractivity contribution in [2.24, 2.45) is 0 Å². The molecule has 5 heteroatoms. The van der Waals surface area contributed by atoms with Crippen LogP contribution in [0, 0.1) is 20.8 Å². The van der Waals surface area contributed by atoms with Crippen LogP contribution in [0.3, 0.4) is 0 Å². The van der Waals surface area contributed by atoms with Gasteiger partial charge >= 0.3 is 0 Å². The highest BCUT2D eigenvalue weighted by molar-refractivity contribution is 7.09. The first-order valence-electron chi connectivity index (χ1n) is 6.16. The second-order valence-corrected chi connectivity index (χ2v) is 5.66. The average molecular weight is 297 g/mol. The van der Waals surface area contributed by atoms with Crippen LogP contribution in [0.4, 0.5) is 0 Å². The summed E-state index contributed by atoms with van der Waals surface area (Å²) in [5.74, 6) is 1.09. The third kappa shape index (κ3) is 3.45. The molecule has 102 valence electrons. The summed E-state index contributed by atoms with van der Waals surface area (Å²) in [6.07, 6.45) is 0.854. The van der Waals surface area contributed by atoms with Gasteiger partial charge in [-0.05, 0) is 32.4 Å². The Morgan fingerprint density at radius 2 is 2.11 bits per heavy atom. The van der Waals surface area contributed by atoms with Crippen molar-refractivity contribution in [1.82, 2.24) is 9.97 Å². The van der Waals surface area contributed by atoms with Gasteiger partial charge in [-0.25, -0.2) is 9.97 Å². The second-order valence-electron chi connectivity index (χ2n) is 4.46. The quantitative estimate of drug-likeness (QED) is 0.787. The minimum absolute atomic E-state index is 0.425. The van der Waals surface area contributed by atoms with E-state index in [9.17, 15) is 0 Å². The standard InChI is InChI=1S/C14H17ClN2OS/c1-9-6-10(2)17-14(12(9)7-15)18-5-4-13-11(3)16-8-19-13/h6,8H,4-5,7H2,1-3H3. The molecule has 0 aromatic carbocycles. The van der Waals surface area contributed by atoms with E-state index in [1.54, 1.807) is 11.3 Å². The lowest BCUT2D eigenvalue weighted by Gasteiger charge is -2.12. The molecule has 0 saturated heterocycles. The molecule has 0 N–H and O–H groups in total. The predicted molar refractivity (Wildman–Crippen MR) is 79.3 cm³/mol. The summed E-state index contributed by atoms with van der Waals surface area (Å²) in [5, 5.41) is 0. The van der Waals surface area contributed by atoms with Crippen molar-refractivity contribution >= 4 is 22.9 Å². The van der Waals surface area contributed by atoms with E-state index in [4.69, 9.17) is 16.3 Å².